The third-order valence-corrected chi connectivity index (χ3v) is 3.09. The molecule has 0 aliphatic heterocycles. The van der Waals surface area contributed by atoms with Crippen LogP contribution in [0.2, 0.25) is 0 Å². The van der Waals surface area contributed by atoms with Gasteiger partial charge in [-0.05, 0) is 12.5 Å². The van der Waals surface area contributed by atoms with Gasteiger partial charge in [0.2, 0.25) is 0 Å². The molecule has 1 unspecified atom stereocenters. The summed E-state index contributed by atoms with van der Waals surface area (Å²) in [5.41, 5.74) is 2.16. The van der Waals surface area contributed by atoms with E-state index >= 15 is 0 Å². The van der Waals surface area contributed by atoms with Gasteiger partial charge in [0.1, 0.15) is 0 Å². The number of nitriles is 1. The van der Waals surface area contributed by atoms with Gasteiger partial charge in [-0.1, -0.05) is 30.3 Å². The number of Topliss-reactive ketones (excluding diaryl/α,β-unsaturated/α-hetero) is 1. The van der Waals surface area contributed by atoms with E-state index in [1.54, 1.807) is 17.9 Å². The molecule has 0 fully saturated rings. The first-order valence-electron chi connectivity index (χ1n) is 6.10. The maximum Gasteiger partial charge on any atom is 0.174 e. The summed E-state index contributed by atoms with van der Waals surface area (Å²) in [7, 11) is 1.78. The first-order chi connectivity index (χ1) is 9.13. The topological polar surface area (TPSA) is 58.7 Å². The van der Waals surface area contributed by atoms with Crippen molar-refractivity contribution in [2.24, 2.45) is 7.05 Å². The van der Waals surface area contributed by atoms with Crippen LogP contribution in [0.4, 0.5) is 0 Å². The molecule has 0 spiro atoms. The van der Waals surface area contributed by atoms with Crippen molar-refractivity contribution < 1.29 is 4.79 Å². The fraction of sp³-hybridized carbons (Fsp3) is 0.267. The van der Waals surface area contributed by atoms with Crippen LogP contribution in [0.25, 0.3) is 0 Å². The predicted octanol–water partition coefficient (Wildman–Crippen LogP) is 2.61. The van der Waals surface area contributed by atoms with Crippen LogP contribution in [0.3, 0.4) is 0 Å². The SMILES string of the molecule is Cc1nn(C)cc1C(=O)C(CC#N)c1ccccc1. The highest BCUT2D eigenvalue weighted by atomic mass is 16.1. The molecule has 4 heteroatoms. The summed E-state index contributed by atoms with van der Waals surface area (Å²) in [6, 6.07) is 11.5. The molecule has 4 nitrogen and oxygen atoms in total. The van der Waals surface area contributed by atoms with Crippen molar-refractivity contribution in [1.82, 2.24) is 9.78 Å². The minimum Gasteiger partial charge on any atom is -0.293 e. The Balaban J connectivity index is 2.38. The van der Waals surface area contributed by atoms with Gasteiger partial charge >= 0.3 is 0 Å². The Hall–Kier alpha value is -2.41. The van der Waals surface area contributed by atoms with Crippen LogP contribution in [0.15, 0.2) is 36.5 Å². The third-order valence-electron chi connectivity index (χ3n) is 3.09. The van der Waals surface area contributed by atoms with Gasteiger partial charge < -0.3 is 0 Å². The number of hydrogen-bond donors (Lipinski definition) is 0. The number of aryl methyl sites for hydroxylation is 2. The zero-order valence-electron chi connectivity index (χ0n) is 11.0. The van der Waals surface area contributed by atoms with Crippen molar-refractivity contribution in [1.29, 1.82) is 5.26 Å². The number of rotatable bonds is 4. The number of benzene rings is 1. The number of aromatic nitrogens is 2. The smallest absolute Gasteiger partial charge is 0.174 e. The van der Waals surface area contributed by atoms with Crippen LogP contribution in [-0.2, 0) is 7.05 Å². The maximum atomic E-state index is 12.6. The molecule has 0 aliphatic carbocycles. The van der Waals surface area contributed by atoms with E-state index in [9.17, 15) is 4.79 Å². The van der Waals surface area contributed by atoms with Crippen LogP contribution < -0.4 is 0 Å². The molecule has 0 saturated heterocycles. The second kappa shape index (κ2) is 5.49. The molecule has 96 valence electrons. The normalized spacial score (nSPS) is 11.8. The average molecular weight is 253 g/mol. The predicted molar refractivity (Wildman–Crippen MR) is 71.7 cm³/mol. The van der Waals surface area contributed by atoms with Gasteiger partial charge in [0.15, 0.2) is 5.78 Å². The molecule has 1 aromatic carbocycles. The minimum atomic E-state index is -0.422. The summed E-state index contributed by atoms with van der Waals surface area (Å²) in [6.45, 7) is 1.81. The highest BCUT2D eigenvalue weighted by molar-refractivity contribution is 6.01. The van der Waals surface area contributed by atoms with Gasteiger partial charge in [-0.15, -0.1) is 0 Å². The van der Waals surface area contributed by atoms with Crippen LogP contribution >= 0.6 is 0 Å². The molecule has 1 aromatic heterocycles. The highest BCUT2D eigenvalue weighted by Crippen LogP contribution is 2.25. The summed E-state index contributed by atoms with van der Waals surface area (Å²) < 4.78 is 1.62. The molecule has 2 rings (SSSR count). The van der Waals surface area contributed by atoms with Crippen LogP contribution in [0.5, 0.6) is 0 Å². The van der Waals surface area contributed by atoms with Crippen molar-refractivity contribution in [3.05, 3.63) is 53.3 Å². The largest absolute Gasteiger partial charge is 0.293 e. The summed E-state index contributed by atoms with van der Waals surface area (Å²) in [6.07, 6.45) is 1.89. The minimum absolute atomic E-state index is 0.0432. The molecule has 1 atom stereocenters. The summed E-state index contributed by atoms with van der Waals surface area (Å²) in [5.74, 6) is -0.465. The van der Waals surface area contributed by atoms with Crippen molar-refractivity contribution >= 4 is 5.78 Å². The Bertz CT molecular complexity index is 623. The summed E-state index contributed by atoms with van der Waals surface area (Å²) >= 11 is 0. The lowest BCUT2D eigenvalue weighted by atomic mass is 9.89. The lowest BCUT2D eigenvalue weighted by Crippen LogP contribution is -2.13. The monoisotopic (exact) mass is 253 g/mol. The zero-order chi connectivity index (χ0) is 13.8. The van der Waals surface area contributed by atoms with Crippen LogP contribution in [0.1, 0.15) is 34.0 Å². The zero-order valence-corrected chi connectivity index (χ0v) is 11.0. The lowest BCUT2D eigenvalue weighted by molar-refractivity contribution is 0.0960. The van der Waals surface area contributed by atoms with Crippen LogP contribution in [0, 0.1) is 18.3 Å². The highest BCUT2D eigenvalue weighted by Gasteiger charge is 2.24. The number of carbonyl (C=O) groups excluding carboxylic acids is 1. The fourth-order valence-electron chi connectivity index (χ4n) is 2.17. The van der Waals surface area contributed by atoms with Crippen molar-refractivity contribution in [3.63, 3.8) is 0 Å². The molecular weight excluding hydrogens is 238 g/mol. The molecule has 2 aromatic rings. The van der Waals surface area contributed by atoms with Gasteiger partial charge in [0.25, 0.3) is 0 Å². The van der Waals surface area contributed by atoms with Gasteiger partial charge in [-0.25, -0.2) is 0 Å². The van der Waals surface area contributed by atoms with Crippen LogP contribution in [-0.4, -0.2) is 15.6 Å². The molecular formula is C15H15N3O. The van der Waals surface area contributed by atoms with Gasteiger partial charge in [0, 0.05) is 19.7 Å². The quantitative estimate of drug-likeness (QED) is 0.787. The van der Waals surface area contributed by atoms with E-state index in [1.807, 2.05) is 37.3 Å². The molecule has 0 radical (unpaired) electrons. The average Bonchev–Trinajstić information content (AvgIpc) is 2.75. The lowest BCUT2D eigenvalue weighted by Gasteiger charge is -2.12. The number of ketones is 1. The van der Waals surface area contributed by atoms with Gasteiger partial charge in [-0.3, -0.25) is 9.48 Å². The van der Waals surface area contributed by atoms with Gasteiger partial charge in [-0.2, -0.15) is 10.4 Å². The van der Waals surface area contributed by atoms with E-state index in [0.717, 1.165) is 5.56 Å². The van der Waals surface area contributed by atoms with Crippen molar-refractivity contribution in [2.45, 2.75) is 19.3 Å². The number of nitrogens with zero attached hydrogens (tertiary/aromatic N) is 3. The molecule has 0 aliphatic rings. The molecule has 1 heterocycles. The molecule has 0 saturated carbocycles. The maximum absolute atomic E-state index is 12.6. The van der Waals surface area contributed by atoms with E-state index in [-0.39, 0.29) is 12.2 Å². The Labute approximate surface area is 112 Å². The number of hydrogen-bond acceptors (Lipinski definition) is 3. The Morgan fingerprint density at radius 1 is 1.42 bits per heavy atom. The first kappa shape index (κ1) is 13.0. The number of carbonyl (C=O) groups is 1. The van der Waals surface area contributed by atoms with E-state index in [2.05, 4.69) is 11.2 Å². The first-order valence-corrected chi connectivity index (χ1v) is 6.10. The summed E-state index contributed by atoms with van der Waals surface area (Å²) in [5, 5.41) is 13.1. The van der Waals surface area contributed by atoms with Crippen molar-refractivity contribution in [3.8, 4) is 6.07 Å². The van der Waals surface area contributed by atoms with E-state index in [1.165, 1.54) is 0 Å². The molecule has 0 amide bonds. The van der Waals surface area contributed by atoms with E-state index < -0.39 is 5.92 Å². The Morgan fingerprint density at radius 2 is 2.11 bits per heavy atom. The fourth-order valence-corrected chi connectivity index (χ4v) is 2.17. The summed E-state index contributed by atoms with van der Waals surface area (Å²) in [4.78, 5) is 12.6. The Kier molecular flexibility index (Phi) is 3.76. The van der Waals surface area contributed by atoms with Gasteiger partial charge in [0.05, 0.1) is 23.2 Å². The third kappa shape index (κ3) is 2.71. The Morgan fingerprint density at radius 3 is 2.63 bits per heavy atom. The second-order valence-electron chi connectivity index (χ2n) is 4.49. The molecule has 0 bridgehead atoms. The molecule has 0 N–H and O–H groups in total. The van der Waals surface area contributed by atoms with E-state index in [4.69, 9.17) is 5.26 Å². The second-order valence-corrected chi connectivity index (χ2v) is 4.49. The standard InChI is InChI=1S/C15H15N3O/c1-11-14(10-18(2)17-11)15(19)13(8-9-16)12-6-4-3-5-7-12/h3-7,10,13H,8H2,1-2H3. The molecule has 19 heavy (non-hydrogen) atoms. The van der Waals surface area contributed by atoms with E-state index in [0.29, 0.717) is 11.3 Å². The van der Waals surface area contributed by atoms with Crippen molar-refractivity contribution in [2.75, 3.05) is 0 Å².